The average molecular weight is 252 g/mol. The van der Waals surface area contributed by atoms with E-state index < -0.39 is 0 Å². The number of nitrogen functional groups attached to an aromatic ring is 1. The normalized spacial score (nSPS) is 10.6. The molecule has 0 aliphatic carbocycles. The van der Waals surface area contributed by atoms with Gasteiger partial charge in [-0.05, 0) is 12.5 Å². The topological polar surface area (TPSA) is 82.5 Å². The number of nitrogens with two attached hydrogens (primary N) is 1. The second-order valence-corrected chi connectivity index (χ2v) is 4.10. The molecule has 0 spiro atoms. The highest BCUT2D eigenvalue weighted by Crippen LogP contribution is 2.20. The van der Waals surface area contributed by atoms with E-state index >= 15 is 0 Å². The molecule has 0 bridgehead atoms. The van der Waals surface area contributed by atoms with Gasteiger partial charge in [0, 0.05) is 18.0 Å². The van der Waals surface area contributed by atoms with Crippen molar-refractivity contribution in [2.45, 2.75) is 6.92 Å². The fourth-order valence-electron chi connectivity index (χ4n) is 1.82. The summed E-state index contributed by atoms with van der Waals surface area (Å²) in [5, 5.41) is 0. The van der Waals surface area contributed by atoms with Crippen molar-refractivity contribution in [1.82, 2.24) is 24.5 Å². The van der Waals surface area contributed by atoms with Gasteiger partial charge in [0.1, 0.15) is 6.33 Å². The number of rotatable bonds is 2. The number of nitrogens with zero attached hydrogens (tertiary/aromatic N) is 5. The molecular formula is C13H12N6. The summed E-state index contributed by atoms with van der Waals surface area (Å²) in [6.45, 7) is 2.01. The number of hydrogen-bond acceptors (Lipinski definition) is 5. The van der Waals surface area contributed by atoms with Crippen LogP contribution in [-0.4, -0.2) is 24.5 Å². The van der Waals surface area contributed by atoms with E-state index in [1.165, 1.54) is 0 Å². The van der Waals surface area contributed by atoms with Gasteiger partial charge in [-0.3, -0.25) is 4.57 Å². The van der Waals surface area contributed by atoms with Crippen LogP contribution in [0.2, 0.25) is 0 Å². The summed E-state index contributed by atoms with van der Waals surface area (Å²) < 4.78 is 1.69. The molecule has 94 valence electrons. The molecule has 0 atom stereocenters. The van der Waals surface area contributed by atoms with Gasteiger partial charge in [0.2, 0.25) is 11.9 Å². The molecule has 0 unspecified atom stereocenters. The summed E-state index contributed by atoms with van der Waals surface area (Å²) >= 11 is 0. The quantitative estimate of drug-likeness (QED) is 0.749. The Kier molecular flexibility index (Phi) is 2.68. The summed E-state index contributed by atoms with van der Waals surface area (Å²) in [5.74, 6) is 1.22. The zero-order valence-electron chi connectivity index (χ0n) is 10.4. The first-order valence-corrected chi connectivity index (χ1v) is 5.80. The Bertz CT molecular complexity index is 705. The fourth-order valence-corrected chi connectivity index (χ4v) is 1.82. The molecule has 0 fully saturated rings. The zero-order valence-corrected chi connectivity index (χ0v) is 10.4. The molecule has 0 radical (unpaired) electrons. The van der Waals surface area contributed by atoms with Gasteiger partial charge in [-0.1, -0.05) is 24.3 Å². The SMILES string of the molecule is Cc1ccccc1-c1nc(N)nc(-n2ccnc2)n1. The van der Waals surface area contributed by atoms with Gasteiger partial charge < -0.3 is 5.73 Å². The largest absolute Gasteiger partial charge is 0.368 e. The number of aryl methyl sites for hydroxylation is 1. The van der Waals surface area contributed by atoms with E-state index in [0.29, 0.717) is 11.8 Å². The van der Waals surface area contributed by atoms with Crippen molar-refractivity contribution in [3.05, 3.63) is 48.5 Å². The fraction of sp³-hybridized carbons (Fsp3) is 0.0769. The van der Waals surface area contributed by atoms with Crippen LogP contribution in [0, 0.1) is 6.92 Å². The zero-order chi connectivity index (χ0) is 13.2. The predicted octanol–water partition coefficient (Wildman–Crippen LogP) is 1.61. The maximum Gasteiger partial charge on any atom is 0.240 e. The van der Waals surface area contributed by atoms with Crippen LogP contribution in [0.3, 0.4) is 0 Å². The van der Waals surface area contributed by atoms with Gasteiger partial charge >= 0.3 is 0 Å². The van der Waals surface area contributed by atoms with E-state index in [0.717, 1.165) is 11.1 Å². The van der Waals surface area contributed by atoms with Crippen LogP contribution in [0.25, 0.3) is 17.3 Å². The number of benzene rings is 1. The number of imidazole rings is 1. The summed E-state index contributed by atoms with van der Waals surface area (Å²) in [7, 11) is 0. The lowest BCUT2D eigenvalue weighted by Gasteiger charge is -2.07. The first kappa shape index (κ1) is 11.3. The van der Waals surface area contributed by atoms with Gasteiger partial charge in [-0.15, -0.1) is 0 Å². The average Bonchev–Trinajstić information content (AvgIpc) is 2.92. The van der Waals surface area contributed by atoms with Crippen molar-refractivity contribution >= 4 is 5.95 Å². The maximum atomic E-state index is 5.76. The van der Waals surface area contributed by atoms with E-state index in [9.17, 15) is 0 Å². The summed E-state index contributed by atoms with van der Waals surface area (Å²) in [6, 6.07) is 7.88. The van der Waals surface area contributed by atoms with E-state index in [1.807, 2.05) is 31.2 Å². The first-order chi connectivity index (χ1) is 9.24. The van der Waals surface area contributed by atoms with Crippen LogP contribution >= 0.6 is 0 Å². The molecule has 0 saturated heterocycles. The van der Waals surface area contributed by atoms with Gasteiger partial charge in [0.05, 0.1) is 0 Å². The monoisotopic (exact) mass is 252 g/mol. The molecule has 0 aliphatic rings. The molecule has 6 nitrogen and oxygen atoms in total. The van der Waals surface area contributed by atoms with Crippen molar-refractivity contribution < 1.29 is 0 Å². The Labute approximate surface area is 110 Å². The van der Waals surface area contributed by atoms with Crippen LogP contribution in [0.1, 0.15) is 5.56 Å². The molecule has 3 rings (SSSR count). The standard InChI is InChI=1S/C13H12N6/c1-9-4-2-3-5-10(9)11-16-12(14)18-13(17-11)19-7-6-15-8-19/h2-8H,1H3,(H2,14,16,17,18). The van der Waals surface area contributed by atoms with Crippen molar-refractivity contribution in [3.63, 3.8) is 0 Å². The van der Waals surface area contributed by atoms with Gasteiger partial charge in [0.25, 0.3) is 0 Å². The molecule has 0 amide bonds. The number of anilines is 1. The molecule has 3 aromatic rings. The van der Waals surface area contributed by atoms with E-state index in [-0.39, 0.29) is 5.95 Å². The van der Waals surface area contributed by atoms with Gasteiger partial charge in [-0.25, -0.2) is 4.98 Å². The van der Waals surface area contributed by atoms with Crippen molar-refractivity contribution in [2.24, 2.45) is 0 Å². The highest BCUT2D eigenvalue weighted by molar-refractivity contribution is 5.60. The molecule has 1 aromatic carbocycles. The molecule has 0 aliphatic heterocycles. The first-order valence-electron chi connectivity index (χ1n) is 5.80. The highest BCUT2D eigenvalue weighted by Gasteiger charge is 2.09. The third kappa shape index (κ3) is 2.15. The summed E-state index contributed by atoms with van der Waals surface area (Å²) in [4.78, 5) is 16.7. The van der Waals surface area contributed by atoms with E-state index in [4.69, 9.17) is 5.73 Å². The van der Waals surface area contributed by atoms with E-state index in [2.05, 4.69) is 19.9 Å². The van der Waals surface area contributed by atoms with Crippen molar-refractivity contribution in [3.8, 4) is 17.3 Å². The lowest BCUT2D eigenvalue weighted by atomic mass is 10.1. The van der Waals surface area contributed by atoms with Crippen LogP contribution < -0.4 is 5.73 Å². The Hall–Kier alpha value is -2.76. The molecule has 2 N–H and O–H groups in total. The lowest BCUT2D eigenvalue weighted by Crippen LogP contribution is -2.06. The minimum Gasteiger partial charge on any atom is -0.368 e. The maximum absolute atomic E-state index is 5.76. The Balaban J connectivity index is 2.16. The predicted molar refractivity (Wildman–Crippen MR) is 71.5 cm³/mol. The highest BCUT2D eigenvalue weighted by atomic mass is 15.2. The lowest BCUT2D eigenvalue weighted by molar-refractivity contribution is 0.906. The smallest absolute Gasteiger partial charge is 0.240 e. The molecule has 2 aromatic heterocycles. The minimum atomic E-state index is 0.192. The number of hydrogen-bond donors (Lipinski definition) is 1. The second-order valence-electron chi connectivity index (χ2n) is 4.10. The van der Waals surface area contributed by atoms with Crippen molar-refractivity contribution in [1.29, 1.82) is 0 Å². The molecule has 2 heterocycles. The summed E-state index contributed by atoms with van der Waals surface area (Å²) in [5.41, 5.74) is 7.79. The molecule has 0 saturated carbocycles. The Morgan fingerprint density at radius 1 is 1.11 bits per heavy atom. The Morgan fingerprint density at radius 2 is 1.95 bits per heavy atom. The van der Waals surface area contributed by atoms with Crippen LogP contribution in [-0.2, 0) is 0 Å². The third-order valence-electron chi connectivity index (χ3n) is 2.76. The minimum absolute atomic E-state index is 0.192. The summed E-state index contributed by atoms with van der Waals surface area (Å²) in [6.07, 6.45) is 5.04. The second kappa shape index (κ2) is 4.49. The molecule has 19 heavy (non-hydrogen) atoms. The third-order valence-corrected chi connectivity index (χ3v) is 2.76. The van der Waals surface area contributed by atoms with Crippen LogP contribution in [0.15, 0.2) is 43.0 Å². The Morgan fingerprint density at radius 3 is 2.68 bits per heavy atom. The van der Waals surface area contributed by atoms with Crippen molar-refractivity contribution in [2.75, 3.05) is 5.73 Å². The van der Waals surface area contributed by atoms with Crippen LogP contribution in [0.4, 0.5) is 5.95 Å². The van der Waals surface area contributed by atoms with E-state index in [1.54, 1.807) is 23.3 Å². The van der Waals surface area contributed by atoms with Crippen LogP contribution in [0.5, 0.6) is 0 Å². The van der Waals surface area contributed by atoms with Gasteiger partial charge in [0.15, 0.2) is 5.82 Å². The molecule has 6 heteroatoms. The van der Waals surface area contributed by atoms with Gasteiger partial charge in [-0.2, -0.15) is 15.0 Å². The number of aromatic nitrogens is 5. The molecular weight excluding hydrogens is 240 g/mol.